The van der Waals surface area contributed by atoms with Gasteiger partial charge in [0.25, 0.3) is 0 Å². The van der Waals surface area contributed by atoms with E-state index in [1.807, 2.05) is 13.1 Å². The minimum absolute atomic E-state index is 0.0408. The van der Waals surface area contributed by atoms with Crippen molar-refractivity contribution in [1.82, 2.24) is 14.8 Å². The summed E-state index contributed by atoms with van der Waals surface area (Å²) in [6.45, 7) is 4.56. The third-order valence-corrected chi connectivity index (χ3v) is 5.43. The van der Waals surface area contributed by atoms with Crippen LogP contribution in [0.3, 0.4) is 0 Å². The second kappa shape index (κ2) is 8.71. The van der Waals surface area contributed by atoms with Crippen LogP contribution in [0.15, 0.2) is 36.0 Å². The standard InChI is InChI=1S/C20H22FN5O2S/c1-2-28-9-8-25-12-14(11-22-25)23-20-24-18(13-29-20)16-6-5-15(10-17(16)21)26-7-3-4-19(26)27/h5-6,10-13H,2-4,7-9H2,1H3,(H,23,24). The van der Waals surface area contributed by atoms with E-state index < -0.39 is 0 Å². The molecule has 7 nitrogen and oxygen atoms in total. The highest BCUT2D eigenvalue weighted by Crippen LogP contribution is 2.31. The lowest BCUT2D eigenvalue weighted by molar-refractivity contribution is -0.117. The second-order valence-electron chi connectivity index (χ2n) is 6.66. The molecular weight excluding hydrogens is 393 g/mol. The van der Waals surface area contributed by atoms with Crippen molar-refractivity contribution in [1.29, 1.82) is 0 Å². The van der Waals surface area contributed by atoms with Gasteiger partial charge in [-0.15, -0.1) is 11.3 Å². The molecule has 0 atom stereocenters. The zero-order valence-corrected chi connectivity index (χ0v) is 16.9. The van der Waals surface area contributed by atoms with Gasteiger partial charge in [-0.2, -0.15) is 5.10 Å². The van der Waals surface area contributed by atoms with E-state index in [4.69, 9.17) is 4.74 Å². The number of carbonyl (C=O) groups is 1. The number of halogens is 1. The van der Waals surface area contributed by atoms with Gasteiger partial charge < -0.3 is 15.0 Å². The van der Waals surface area contributed by atoms with E-state index in [1.165, 1.54) is 17.4 Å². The Bertz CT molecular complexity index is 1000. The van der Waals surface area contributed by atoms with Gasteiger partial charge >= 0.3 is 0 Å². The maximum absolute atomic E-state index is 14.7. The van der Waals surface area contributed by atoms with Crippen LogP contribution in [0.2, 0.25) is 0 Å². The molecule has 1 amide bonds. The van der Waals surface area contributed by atoms with Crippen LogP contribution in [-0.4, -0.2) is 40.4 Å². The van der Waals surface area contributed by atoms with Crippen molar-refractivity contribution in [3.8, 4) is 11.3 Å². The van der Waals surface area contributed by atoms with Gasteiger partial charge in [0.1, 0.15) is 5.82 Å². The first kappa shape index (κ1) is 19.5. The SMILES string of the molecule is CCOCCn1cc(Nc2nc(-c3ccc(N4CCCC4=O)cc3F)cs2)cn1. The van der Waals surface area contributed by atoms with Crippen molar-refractivity contribution >= 4 is 33.8 Å². The lowest BCUT2D eigenvalue weighted by Crippen LogP contribution is -2.23. The first-order valence-corrected chi connectivity index (χ1v) is 10.4. The molecule has 1 N–H and O–H groups in total. The highest BCUT2D eigenvalue weighted by molar-refractivity contribution is 7.14. The minimum atomic E-state index is -0.386. The summed E-state index contributed by atoms with van der Waals surface area (Å²) in [5, 5.41) is 9.93. The van der Waals surface area contributed by atoms with Crippen LogP contribution in [0.5, 0.6) is 0 Å². The maximum atomic E-state index is 14.7. The molecule has 1 aliphatic rings. The molecule has 3 heterocycles. The van der Waals surface area contributed by atoms with E-state index in [1.54, 1.807) is 33.3 Å². The van der Waals surface area contributed by atoms with Crippen LogP contribution in [0, 0.1) is 5.82 Å². The smallest absolute Gasteiger partial charge is 0.227 e. The zero-order chi connectivity index (χ0) is 20.2. The van der Waals surface area contributed by atoms with E-state index in [2.05, 4.69) is 15.4 Å². The minimum Gasteiger partial charge on any atom is -0.380 e. The summed E-state index contributed by atoms with van der Waals surface area (Å²) in [6.07, 6.45) is 4.93. The Morgan fingerprint density at radius 3 is 3.03 bits per heavy atom. The topological polar surface area (TPSA) is 72.3 Å². The first-order chi connectivity index (χ1) is 14.1. The highest BCUT2D eigenvalue weighted by atomic mass is 32.1. The van der Waals surface area contributed by atoms with Crippen molar-refractivity contribution in [2.45, 2.75) is 26.3 Å². The van der Waals surface area contributed by atoms with Crippen LogP contribution in [0.1, 0.15) is 19.8 Å². The molecule has 1 fully saturated rings. The van der Waals surface area contributed by atoms with Gasteiger partial charge in [0, 0.05) is 42.4 Å². The molecule has 1 aromatic carbocycles. The van der Waals surface area contributed by atoms with Crippen LogP contribution < -0.4 is 10.2 Å². The number of carbonyl (C=O) groups excluding carboxylic acids is 1. The molecule has 2 aromatic heterocycles. The van der Waals surface area contributed by atoms with Crippen molar-refractivity contribution in [2.75, 3.05) is 30.0 Å². The number of aromatic nitrogens is 3. The Morgan fingerprint density at radius 1 is 1.38 bits per heavy atom. The van der Waals surface area contributed by atoms with Crippen molar-refractivity contribution < 1.29 is 13.9 Å². The zero-order valence-electron chi connectivity index (χ0n) is 16.1. The van der Waals surface area contributed by atoms with E-state index in [0.717, 1.165) is 12.1 Å². The number of rotatable bonds is 8. The largest absolute Gasteiger partial charge is 0.380 e. The quantitative estimate of drug-likeness (QED) is 0.562. The molecule has 0 saturated carbocycles. The molecule has 1 saturated heterocycles. The van der Waals surface area contributed by atoms with E-state index in [-0.39, 0.29) is 11.7 Å². The third-order valence-electron chi connectivity index (χ3n) is 4.67. The number of nitrogens with one attached hydrogen (secondary N) is 1. The summed E-state index contributed by atoms with van der Waals surface area (Å²) < 4.78 is 21.8. The second-order valence-corrected chi connectivity index (χ2v) is 7.52. The van der Waals surface area contributed by atoms with Gasteiger partial charge in [-0.25, -0.2) is 9.37 Å². The summed E-state index contributed by atoms with van der Waals surface area (Å²) in [4.78, 5) is 18.0. The van der Waals surface area contributed by atoms with E-state index in [0.29, 0.717) is 54.8 Å². The number of anilines is 3. The van der Waals surface area contributed by atoms with Crippen LogP contribution in [0.4, 0.5) is 20.9 Å². The van der Waals surface area contributed by atoms with Crippen LogP contribution in [-0.2, 0) is 16.1 Å². The molecule has 152 valence electrons. The van der Waals surface area contributed by atoms with Gasteiger partial charge in [-0.1, -0.05) is 0 Å². The molecular formula is C20H22FN5O2S. The van der Waals surface area contributed by atoms with Crippen molar-refractivity contribution in [3.05, 3.63) is 41.8 Å². The number of nitrogens with zero attached hydrogens (tertiary/aromatic N) is 4. The molecule has 9 heteroatoms. The van der Waals surface area contributed by atoms with Gasteiger partial charge in [0.05, 0.1) is 30.7 Å². The molecule has 1 aliphatic heterocycles. The number of hydrogen-bond donors (Lipinski definition) is 1. The van der Waals surface area contributed by atoms with Crippen LogP contribution in [0.25, 0.3) is 11.3 Å². The fourth-order valence-corrected chi connectivity index (χ4v) is 3.96. The normalized spacial score (nSPS) is 14.0. The summed E-state index contributed by atoms with van der Waals surface area (Å²) >= 11 is 1.39. The fourth-order valence-electron chi connectivity index (χ4n) is 3.23. The highest BCUT2D eigenvalue weighted by Gasteiger charge is 2.23. The molecule has 0 aliphatic carbocycles. The Hall–Kier alpha value is -2.78. The average Bonchev–Trinajstić information content (AvgIpc) is 3.44. The summed E-state index contributed by atoms with van der Waals surface area (Å²) in [6, 6.07) is 4.87. The molecule has 3 aromatic rings. The monoisotopic (exact) mass is 415 g/mol. The van der Waals surface area contributed by atoms with Crippen LogP contribution >= 0.6 is 11.3 Å². The lowest BCUT2D eigenvalue weighted by Gasteiger charge is -2.16. The predicted octanol–water partition coefficient (Wildman–Crippen LogP) is 4.05. The average molecular weight is 415 g/mol. The number of hydrogen-bond acceptors (Lipinski definition) is 6. The van der Waals surface area contributed by atoms with Gasteiger partial charge in [0.2, 0.25) is 5.91 Å². The molecule has 29 heavy (non-hydrogen) atoms. The molecule has 0 radical (unpaired) electrons. The third kappa shape index (κ3) is 4.46. The summed E-state index contributed by atoms with van der Waals surface area (Å²) in [5.41, 5.74) is 2.38. The van der Waals surface area contributed by atoms with Gasteiger partial charge in [-0.3, -0.25) is 9.48 Å². The fraction of sp³-hybridized carbons (Fsp3) is 0.350. The Labute approximate surface area is 172 Å². The summed E-state index contributed by atoms with van der Waals surface area (Å²) in [7, 11) is 0. The number of thiazole rings is 1. The number of benzene rings is 1. The number of amides is 1. The molecule has 0 spiro atoms. The van der Waals surface area contributed by atoms with E-state index in [9.17, 15) is 9.18 Å². The maximum Gasteiger partial charge on any atom is 0.227 e. The Morgan fingerprint density at radius 2 is 2.28 bits per heavy atom. The van der Waals surface area contributed by atoms with Crippen molar-refractivity contribution in [3.63, 3.8) is 0 Å². The van der Waals surface area contributed by atoms with Crippen molar-refractivity contribution in [2.24, 2.45) is 0 Å². The Balaban J connectivity index is 1.44. The summed E-state index contributed by atoms with van der Waals surface area (Å²) in [5.74, 6) is -0.345. The predicted molar refractivity (Wildman–Crippen MR) is 111 cm³/mol. The van der Waals surface area contributed by atoms with Gasteiger partial charge in [0.15, 0.2) is 5.13 Å². The van der Waals surface area contributed by atoms with Gasteiger partial charge in [-0.05, 0) is 31.5 Å². The molecule has 0 bridgehead atoms. The van der Waals surface area contributed by atoms with E-state index >= 15 is 0 Å². The number of ether oxygens (including phenoxy) is 1. The molecule has 4 rings (SSSR count). The first-order valence-electron chi connectivity index (χ1n) is 9.57. The Kier molecular flexibility index (Phi) is 5.86. The lowest BCUT2D eigenvalue weighted by atomic mass is 10.1. The molecule has 0 unspecified atom stereocenters.